The van der Waals surface area contributed by atoms with E-state index in [0.29, 0.717) is 22.3 Å². The largest absolute Gasteiger partial charge is 0.694 e. The molecule has 3 N–H and O–H groups in total. The zero-order valence-electron chi connectivity index (χ0n) is 13.5. The maximum atomic E-state index is 12.4. The van der Waals surface area contributed by atoms with Gasteiger partial charge >= 0.3 is 6.09 Å². The van der Waals surface area contributed by atoms with Gasteiger partial charge in [0.1, 0.15) is 11.3 Å². The summed E-state index contributed by atoms with van der Waals surface area (Å²) in [6, 6.07) is 8.18. The Morgan fingerprint density at radius 2 is 2.12 bits per heavy atom. The highest BCUT2D eigenvalue weighted by Gasteiger charge is 2.23. The predicted molar refractivity (Wildman–Crippen MR) is 90.6 cm³/mol. The molecule has 0 aliphatic carbocycles. The van der Waals surface area contributed by atoms with Crippen molar-refractivity contribution >= 4 is 22.7 Å². The van der Waals surface area contributed by atoms with Crippen LogP contribution in [0.4, 0.5) is 10.5 Å². The molecular formula is C16H18N4O4. The first-order chi connectivity index (χ1) is 11.3. The van der Waals surface area contributed by atoms with Gasteiger partial charge in [-0.15, -0.1) is 0 Å². The van der Waals surface area contributed by atoms with Crippen molar-refractivity contribution in [1.29, 1.82) is 0 Å². The summed E-state index contributed by atoms with van der Waals surface area (Å²) in [5.74, 6) is 0. The number of hydrogen-bond donors (Lipinski definition) is 1. The standard InChI is InChI=1S/C16H17N4O4/c1-16(2,3)24-15(21)19-13-7-6-10(20(22)23)9-11(13)14(18-19)12-5-4-8-17-12/h4-9,17,22H,1-3H3/q-1/p+1. The Kier molecular flexibility index (Phi) is 3.78. The molecule has 3 rings (SSSR count). The third kappa shape index (κ3) is 2.97. The second-order valence-corrected chi connectivity index (χ2v) is 6.32. The van der Waals surface area contributed by atoms with Crippen molar-refractivity contribution in [3.05, 3.63) is 41.7 Å². The van der Waals surface area contributed by atoms with E-state index >= 15 is 0 Å². The topological polar surface area (TPSA) is 109 Å². The number of carbonyl (C=O) groups excluding carboxylic acids is 1. The van der Waals surface area contributed by atoms with Gasteiger partial charge in [0.05, 0.1) is 16.9 Å². The summed E-state index contributed by atoms with van der Waals surface area (Å²) in [5.41, 5.74) is 1.19. The van der Waals surface area contributed by atoms with E-state index in [1.165, 1.54) is 16.8 Å². The summed E-state index contributed by atoms with van der Waals surface area (Å²) in [6.45, 7) is 5.32. The van der Waals surface area contributed by atoms with Crippen LogP contribution in [0.5, 0.6) is 0 Å². The van der Waals surface area contributed by atoms with E-state index in [4.69, 9.17) is 9.94 Å². The van der Waals surface area contributed by atoms with E-state index in [-0.39, 0.29) is 10.9 Å². The van der Waals surface area contributed by atoms with Crippen LogP contribution in [-0.4, -0.2) is 31.7 Å². The monoisotopic (exact) mass is 330 g/mol. The number of fused-ring (bicyclic) bond motifs is 1. The number of aromatic amines is 1. The average Bonchev–Trinajstić information content (AvgIpc) is 3.11. The second-order valence-electron chi connectivity index (χ2n) is 6.32. The summed E-state index contributed by atoms with van der Waals surface area (Å²) in [6.07, 6.45) is 1.13. The highest BCUT2D eigenvalue weighted by molar-refractivity contribution is 5.98. The summed E-state index contributed by atoms with van der Waals surface area (Å²) in [4.78, 5) is 15.5. The number of anilines is 1. The van der Waals surface area contributed by atoms with Crippen LogP contribution < -0.4 is 5.23 Å². The van der Waals surface area contributed by atoms with Gasteiger partial charge in [-0.2, -0.15) is 15.0 Å². The molecule has 8 nitrogen and oxygen atoms in total. The van der Waals surface area contributed by atoms with E-state index in [9.17, 15) is 10.0 Å². The summed E-state index contributed by atoms with van der Waals surface area (Å²) in [7, 11) is 0. The van der Waals surface area contributed by atoms with Gasteiger partial charge in [0.15, 0.2) is 0 Å². The van der Waals surface area contributed by atoms with E-state index in [1.54, 1.807) is 33.0 Å². The molecule has 1 aromatic carbocycles. The molecule has 2 aromatic heterocycles. The fraction of sp³-hybridized carbons (Fsp3) is 0.250. The Labute approximate surface area is 137 Å². The number of aromatic nitrogens is 3. The molecule has 0 saturated heterocycles. The van der Waals surface area contributed by atoms with Gasteiger partial charge in [-0.1, -0.05) is 0 Å². The first-order valence-electron chi connectivity index (χ1n) is 7.35. The minimum absolute atomic E-state index is 0.0166. The van der Waals surface area contributed by atoms with Crippen molar-refractivity contribution in [2.24, 2.45) is 0 Å². The average molecular weight is 330 g/mol. The molecule has 0 aliphatic rings. The minimum atomic E-state index is -0.658. The second kappa shape index (κ2) is 5.66. The van der Waals surface area contributed by atoms with Gasteiger partial charge in [0.25, 0.3) is 0 Å². The molecule has 126 valence electrons. The number of benzene rings is 1. The SMILES string of the molecule is CC(C)(C)OC(=O)n1nc(-c2ccc[nH]2)c2cc(N([O-])[OH2+])ccc21. The van der Waals surface area contributed by atoms with Crippen LogP contribution in [0.15, 0.2) is 36.5 Å². The molecule has 0 spiro atoms. The molecule has 0 bridgehead atoms. The number of rotatable bonds is 2. The lowest BCUT2D eigenvalue weighted by molar-refractivity contribution is 0.0523. The molecule has 0 radical (unpaired) electrons. The van der Waals surface area contributed by atoms with Crippen molar-refractivity contribution in [3.63, 3.8) is 0 Å². The number of nitrogens with zero attached hydrogens (tertiary/aromatic N) is 3. The van der Waals surface area contributed by atoms with Crippen molar-refractivity contribution in [1.82, 2.24) is 14.8 Å². The third-order valence-electron chi connectivity index (χ3n) is 3.32. The zero-order valence-corrected chi connectivity index (χ0v) is 13.5. The van der Waals surface area contributed by atoms with Crippen LogP contribution >= 0.6 is 0 Å². The first kappa shape index (κ1) is 16.0. The number of H-pyrrole nitrogens is 1. The molecule has 0 fully saturated rings. The van der Waals surface area contributed by atoms with Crippen molar-refractivity contribution < 1.29 is 14.7 Å². The number of nitrogens with one attached hydrogen (secondary N) is 1. The van der Waals surface area contributed by atoms with E-state index < -0.39 is 11.7 Å². The van der Waals surface area contributed by atoms with Gasteiger partial charge in [0, 0.05) is 11.6 Å². The summed E-state index contributed by atoms with van der Waals surface area (Å²) < 4.78 is 6.55. The number of carbonyl (C=O) groups is 1. The van der Waals surface area contributed by atoms with E-state index in [2.05, 4.69) is 10.1 Å². The molecule has 3 aromatic rings. The normalized spacial score (nSPS) is 11.7. The van der Waals surface area contributed by atoms with Gasteiger partial charge in [-0.05, 0) is 51.1 Å². The molecule has 2 heterocycles. The predicted octanol–water partition coefficient (Wildman–Crippen LogP) is 2.76. The molecule has 0 unspecified atom stereocenters. The number of hydrogen-bond acceptors (Lipinski definition) is 5. The van der Waals surface area contributed by atoms with Crippen LogP contribution in [0, 0.1) is 5.21 Å². The van der Waals surface area contributed by atoms with Crippen LogP contribution in [0.1, 0.15) is 20.8 Å². The summed E-state index contributed by atoms with van der Waals surface area (Å²) in [5, 5.41) is 23.4. The molecule has 0 amide bonds. The van der Waals surface area contributed by atoms with Crippen LogP contribution in [-0.2, 0) is 4.74 Å². The molecule has 8 heteroatoms. The minimum Gasteiger partial charge on any atom is -0.694 e. The molecule has 0 atom stereocenters. The van der Waals surface area contributed by atoms with Crippen LogP contribution in [0.3, 0.4) is 0 Å². The third-order valence-corrected chi connectivity index (χ3v) is 3.32. The fourth-order valence-electron chi connectivity index (χ4n) is 2.35. The highest BCUT2D eigenvalue weighted by Crippen LogP contribution is 2.30. The van der Waals surface area contributed by atoms with Gasteiger partial charge in [-0.25, -0.2) is 4.79 Å². The molecule has 0 aliphatic heterocycles. The smallest absolute Gasteiger partial charge is 0.435 e. The Balaban J connectivity index is 2.19. The maximum Gasteiger partial charge on any atom is 0.435 e. The lowest BCUT2D eigenvalue weighted by Gasteiger charge is -2.19. The Hall–Kier alpha value is -2.84. The van der Waals surface area contributed by atoms with Crippen LogP contribution in [0.25, 0.3) is 22.3 Å². The fourth-order valence-corrected chi connectivity index (χ4v) is 2.35. The lowest BCUT2D eigenvalue weighted by Crippen LogP contribution is -2.27. The molecule has 24 heavy (non-hydrogen) atoms. The van der Waals surface area contributed by atoms with Crippen molar-refractivity contribution in [2.75, 3.05) is 5.23 Å². The Morgan fingerprint density at radius 1 is 1.38 bits per heavy atom. The quantitative estimate of drug-likeness (QED) is 0.574. The Bertz CT molecular complexity index is 875. The van der Waals surface area contributed by atoms with Crippen molar-refractivity contribution in [2.45, 2.75) is 26.4 Å². The van der Waals surface area contributed by atoms with E-state index in [1.807, 2.05) is 12.1 Å². The lowest BCUT2D eigenvalue weighted by atomic mass is 10.1. The van der Waals surface area contributed by atoms with Gasteiger partial charge in [0.2, 0.25) is 0 Å². The zero-order chi connectivity index (χ0) is 17.5. The van der Waals surface area contributed by atoms with Crippen LogP contribution in [0.2, 0.25) is 0 Å². The van der Waals surface area contributed by atoms with Gasteiger partial charge in [-0.3, -0.25) is 0 Å². The molecular weight excluding hydrogens is 312 g/mol. The highest BCUT2D eigenvalue weighted by atomic mass is 16.8. The summed E-state index contributed by atoms with van der Waals surface area (Å²) >= 11 is 0. The van der Waals surface area contributed by atoms with Crippen molar-refractivity contribution in [3.8, 4) is 11.4 Å². The van der Waals surface area contributed by atoms with E-state index in [0.717, 1.165) is 0 Å². The Morgan fingerprint density at radius 3 is 2.71 bits per heavy atom. The van der Waals surface area contributed by atoms with Gasteiger partial charge < -0.3 is 20.1 Å². The maximum absolute atomic E-state index is 12.4. The molecule has 0 saturated carbocycles. The number of ether oxygens (including phenoxy) is 1. The first-order valence-corrected chi connectivity index (χ1v) is 7.35.